The predicted molar refractivity (Wildman–Crippen MR) is 43.6 cm³/mol. The molecule has 0 aromatic rings. The van der Waals surface area contributed by atoms with Gasteiger partial charge in [0.05, 0.1) is 0 Å². The van der Waals surface area contributed by atoms with E-state index in [9.17, 15) is 9.59 Å². The van der Waals surface area contributed by atoms with Crippen LogP contribution in [0.2, 0.25) is 0 Å². The summed E-state index contributed by atoms with van der Waals surface area (Å²) < 4.78 is 5.02. The van der Waals surface area contributed by atoms with Crippen molar-refractivity contribution in [3.05, 3.63) is 0 Å². The summed E-state index contributed by atoms with van der Waals surface area (Å²) in [6.07, 6.45) is 0.939. The Balaban J connectivity index is 2.71. The molecule has 68 valence electrons. The van der Waals surface area contributed by atoms with Crippen molar-refractivity contribution < 1.29 is 14.3 Å². The van der Waals surface area contributed by atoms with E-state index in [0.717, 1.165) is 0 Å². The summed E-state index contributed by atoms with van der Waals surface area (Å²) in [5.41, 5.74) is -0.452. The van der Waals surface area contributed by atoms with Gasteiger partial charge in [-0.1, -0.05) is 6.92 Å². The summed E-state index contributed by atoms with van der Waals surface area (Å²) in [5, 5.41) is 0. The van der Waals surface area contributed by atoms with Crippen molar-refractivity contribution in [3.8, 4) is 0 Å². The molecule has 1 heterocycles. The van der Waals surface area contributed by atoms with Crippen molar-refractivity contribution in [2.24, 2.45) is 5.92 Å². The molecule has 0 radical (unpaired) electrons. The van der Waals surface area contributed by atoms with Gasteiger partial charge in [-0.05, 0) is 13.8 Å². The van der Waals surface area contributed by atoms with Gasteiger partial charge in [-0.25, -0.2) is 0 Å². The highest BCUT2D eigenvalue weighted by molar-refractivity contribution is 6.00. The molecule has 0 spiro atoms. The molecule has 1 rings (SSSR count). The SMILES string of the molecule is CCC(=O)[C@H]1CC(C)(C)OC1=O. The van der Waals surface area contributed by atoms with Gasteiger partial charge in [0.2, 0.25) is 0 Å². The first-order valence-electron chi connectivity index (χ1n) is 4.22. The zero-order valence-corrected chi connectivity index (χ0v) is 7.72. The fraction of sp³-hybridized carbons (Fsp3) is 0.778. The van der Waals surface area contributed by atoms with Crippen molar-refractivity contribution >= 4 is 11.8 Å². The Labute approximate surface area is 72.1 Å². The van der Waals surface area contributed by atoms with Gasteiger partial charge < -0.3 is 4.74 Å². The number of rotatable bonds is 2. The first-order valence-corrected chi connectivity index (χ1v) is 4.22. The van der Waals surface area contributed by atoms with Gasteiger partial charge in [-0.15, -0.1) is 0 Å². The molecule has 0 aromatic heterocycles. The Morgan fingerprint density at radius 3 is 2.58 bits per heavy atom. The number of carbonyl (C=O) groups excluding carboxylic acids is 2. The Morgan fingerprint density at radius 2 is 2.25 bits per heavy atom. The van der Waals surface area contributed by atoms with E-state index in [-0.39, 0.29) is 11.8 Å². The molecule has 1 atom stereocenters. The van der Waals surface area contributed by atoms with Crippen LogP contribution in [0.1, 0.15) is 33.6 Å². The van der Waals surface area contributed by atoms with Crippen LogP contribution in [0.15, 0.2) is 0 Å². The van der Waals surface area contributed by atoms with Gasteiger partial charge in [0.1, 0.15) is 17.3 Å². The average molecular weight is 170 g/mol. The lowest BCUT2D eigenvalue weighted by atomic mass is 9.93. The molecule has 0 amide bonds. The lowest BCUT2D eigenvalue weighted by Crippen LogP contribution is -2.18. The molecule has 1 aliphatic heterocycles. The second-order valence-corrected chi connectivity index (χ2v) is 3.76. The van der Waals surface area contributed by atoms with E-state index in [1.165, 1.54) is 0 Å². The highest BCUT2D eigenvalue weighted by Crippen LogP contribution is 2.31. The van der Waals surface area contributed by atoms with Gasteiger partial charge >= 0.3 is 5.97 Å². The van der Waals surface area contributed by atoms with Crippen LogP contribution in [0.3, 0.4) is 0 Å². The lowest BCUT2D eigenvalue weighted by molar-refractivity contribution is -0.150. The summed E-state index contributed by atoms with van der Waals surface area (Å²) in [6.45, 7) is 5.42. The number of hydrogen-bond acceptors (Lipinski definition) is 3. The van der Waals surface area contributed by atoms with Crippen molar-refractivity contribution in [3.63, 3.8) is 0 Å². The lowest BCUT2D eigenvalue weighted by Gasteiger charge is -2.14. The summed E-state index contributed by atoms with van der Waals surface area (Å²) in [4.78, 5) is 22.4. The molecule has 0 aliphatic carbocycles. The van der Waals surface area contributed by atoms with Gasteiger partial charge in [0, 0.05) is 12.8 Å². The van der Waals surface area contributed by atoms with Crippen molar-refractivity contribution in [2.45, 2.75) is 39.2 Å². The summed E-state index contributed by atoms with van der Waals surface area (Å²) in [5.74, 6) is -0.873. The standard InChI is InChI=1S/C9H14O3/c1-4-7(10)6-5-9(2,3)12-8(6)11/h6H,4-5H2,1-3H3/t6-/m1/s1. The van der Waals surface area contributed by atoms with E-state index in [1.807, 2.05) is 13.8 Å². The largest absolute Gasteiger partial charge is 0.459 e. The van der Waals surface area contributed by atoms with E-state index in [0.29, 0.717) is 12.8 Å². The highest BCUT2D eigenvalue weighted by atomic mass is 16.6. The number of cyclic esters (lactones) is 1. The zero-order chi connectivity index (χ0) is 9.35. The number of ether oxygens (including phenoxy) is 1. The Kier molecular flexibility index (Phi) is 2.22. The minimum Gasteiger partial charge on any atom is -0.459 e. The van der Waals surface area contributed by atoms with Crippen LogP contribution in [-0.2, 0) is 14.3 Å². The molecule has 0 bridgehead atoms. The second-order valence-electron chi connectivity index (χ2n) is 3.76. The van der Waals surface area contributed by atoms with E-state index < -0.39 is 11.5 Å². The van der Waals surface area contributed by atoms with E-state index in [1.54, 1.807) is 6.92 Å². The number of esters is 1. The Morgan fingerprint density at radius 1 is 1.67 bits per heavy atom. The van der Waals surface area contributed by atoms with Gasteiger partial charge in [-0.3, -0.25) is 9.59 Å². The normalized spacial score (nSPS) is 26.9. The Hall–Kier alpha value is -0.860. The fourth-order valence-corrected chi connectivity index (χ4v) is 1.45. The minimum atomic E-state index is -0.509. The third kappa shape index (κ3) is 1.65. The smallest absolute Gasteiger partial charge is 0.317 e. The van der Waals surface area contributed by atoms with Crippen LogP contribution in [0.4, 0.5) is 0 Å². The molecule has 3 heteroatoms. The quantitative estimate of drug-likeness (QED) is 0.463. The van der Waals surface area contributed by atoms with Crippen molar-refractivity contribution in [1.29, 1.82) is 0 Å². The molecular formula is C9H14O3. The van der Waals surface area contributed by atoms with Crippen LogP contribution in [0.25, 0.3) is 0 Å². The number of ketones is 1. The monoisotopic (exact) mass is 170 g/mol. The van der Waals surface area contributed by atoms with E-state index in [2.05, 4.69) is 0 Å². The maximum atomic E-state index is 11.2. The molecule has 1 saturated heterocycles. The fourth-order valence-electron chi connectivity index (χ4n) is 1.45. The van der Waals surface area contributed by atoms with Gasteiger partial charge in [0.15, 0.2) is 0 Å². The van der Waals surface area contributed by atoms with Crippen LogP contribution in [0.5, 0.6) is 0 Å². The van der Waals surface area contributed by atoms with Crippen LogP contribution >= 0.6 is 0 Å². The molecule has 0 saturated carbocycles. The van der Waals surface area contributed by atoms with Crippen molar-refractivity contribution in [2.75, 3.05) is 0 Å². The van der Waals surface area contributed by atoms with Crippen LogP contribution in [0, 0.1) is 5.92 Å². The first kappa shape index (κ1) is 9.23. The topological polar surface area (TPSA) is 43.4 Å². The second kappa shape index (κ2) is 2.88. The number of Topliss-reactive ketones (excluding diaryl/α,β-unsaturated/α-hetero) is 1. The maximum Gasteiger partial charge on any atom is 0.317 e. The molecule has 0 unspecified atom stereocenters. The van der Waals surface area contributed by atoms with Gasteiger partial charge in [-0.2, -0.15) is 0 Å². The van der Waals surface area contributed by atoms with Gasteiger partial charge in [0.25, 0.3) is 0 Å². The third-order valence-corrected chi connectivity index (χ3v) is 2.09. The summed E-state index contributed by atoms with van der Waals surface area (Å²) >= 11 is 0. The molecule has 12 heavy (non-hydrogen) atoms. The number of carbonyl (C=O) groups is 2. The average Bonchev–Trinajstić information content (AvgIpc) is 2.23. The first-order chi connectivity index (χ1) is 5.46. The number of hydrogen-bond donors (Lipinski definition) is 0. The van der Waals surface area contributed by atoms with Crippen LogP contribution in [-0.4, -0.2) is 17.4 Å². The summed E-state index contributed by atoms with van der Waals surface area (Å²) in [6, 6.07) is 0. The predicted octanol–water partition coefficient (Wildman–Crippen LogP) is 1.31. The van der Waals surface area contributed by atoms with E-state index in [4.69, 9.17) is 4.74 Å². The highest BCUT2D eigenvalue weighted by Gasteiger charge is 2.42. The summed E-state index contributed by atoms with van der Waals surface area (Å²) in [7, 11) is 0. The van der Waals surface area contributed by atoms with Crippen molar-refractivity contribution in [1.82, 2.24) is 0 Å². The minimum absolute atomic E-state index is 0.00873. The molecule has 3 nitrogen and oxygen atoms in total. The zero-order valence-electron chi connectivity index (χ0n) is 7.72. The van der Waals surface area contributed by atoms with E-state index >= 15 is 0 Å². The molecule has 1 aliphatic rings. The third-order valence-electron chi connectivity index (χ3n) is 2.09. The molecular weight excluding hydrogens is 156 g/mol. The molecule has 1 fully saturated rings. The Bertz CT molecular complexity index is 218. The molecule has 0 N–H and O–H groups in total. The molecule has 0 aromatic carbocycles. The van der Waals surface area contributed by atoms with Crippen LogP contribution < -0.4 is 0 Å². The maximum absolute atomic E-state index is 11.2.